The Hall–Kier alpha value is 0.790. The van der Waals surface area contributed by atoms with Crippen LogP contribution in [0.25, 0.3) is 0 Å². The second-order valence-electron chi connectivity index (χ2n) is 4.28. The number of hydrogen-bond donors (Lipinski definition) is 1. The summed E-state index contributed by atoms with van der Waals surface area (Å²) in [5.74, 6) is 1.06. The molecule has 80 valence electrons. The Balaban J connectivity index is 0.00000144. The van der Waals surface area contributed by atoms with Crippen molar-refractivity contribution in [3.63, 3.8) is 0 Å². The summed E-state index contributed by atoms with van der Waals surface area (Å²) < 4.78 is 1.34. The van der Waals surface area contributed by atoms with E-state index >= 15 is 0 Å². The fraction of sp³-hybridized carbons (Fsp3) is 1.00. The molecule has 0 unspecified atom stereocenters. The molecule has 0 atom stereocenters. The zero-order valence-corrected chi connectivity index (χ0v) is 11.1. The molecule has 0 spiro atoms. The van der Waals surface area contributed by atoms with Crippen molar-refractivity contribution in [1.82, 2.24) is 0 Å². The number of rotatable bonds is 5. The highest BCUT2D eigenvalue weighted by atomic mass is 79.9. The summed E-state index contributed by atoms with van der Waals surface area (Å²) in [7, 11) is 2.41. The molecule has 1 aliphatic rings. The summed E-state index contributed by atoms with van der Waals surface area (Å²) in [5.41, 5.74) is 0. The number of thiol groups is 1. The van der Waals surface area contributed by atoms with Gasteiger partial charge in [-0.3, -0.25) is 0 Å². The zero-order chi connectivity index (χ0) is 8.86. The lowest BCUT2D eigenvalue weighted by atomic mass is 10.2. The molecule has 0 saturated carbocycles. The number of unbranched alkanes of at least 4 members (excludes halogenated alkanes) is 2. The van der Waals surface area contributed by atoms with Crippen LogP contribution in [0.1, 0.15) is 32.1 Å². The van der Waals surface area contributed by atoms with Crippen molar-refractivity contribution < 1.29 is 21.5 Å². The first kappa shape index (κ1) is 13.8. The van der Waals surface area contributed by atoms with Crippen LogP contribution in [0.3, 0.4) is 0 Å². The van der Waals surface area contributed by atoms with Gasteiger partial charge in [-0.05, 0) is 25.0 Å². The monoisotopic (exact) mass is 267 g/mol. The van der Waals surface area contributed by atoms with E-state index in [0.717, 1.165) is 5.75 Å². The fourth-order valence-electron chi connectivity index (χ4n) is 2.10. The van der Waals surface area contributed by atoms with Crippen LogP contribution in [-0.4, -0.2) is 36.9 Å². The normalized spacial score (nSPS) is 19.8. The molecular formula is C10H22BrNS. The lowest BCUT2D eigenvalue weighted by Gasteiger charge is -2.29. The third kappa shape index (κ3) is 5.28. The number of nitrogens with zero attached hydrogens (tertiary/aromatic N) is 1. The molecule has 1 fully saturated rings. The Bertz CT molecular complexity index is 124. The maximum atomic E-state index is 4.22. The van der Waals surface area contributed by atoms with Gasteiger partial charge in [-0.1, -0.05) is 0 Å². The lowest BCUT2D eigenvalue weighted by Crippen LogP contribution is -3.00. The molecule has 1 aliphatic heterocycles. The third-order valence-electron chi connectivity index (χ3n) is 3.00. The molecule has 0 N–H and O–H groups in total. The van der Waals surface area contributed by atoms with Crippen LogP contribution >= 0.6 is 12.6 Å². The summed E-state index contributed by atoms with van der Waals surface area (Å²) in [5, 5.41) is 0. The van der Waals surface area contributed by atoms with Crippen LogP contribution in [0.5, 0.6) is 0 Å². The molecule has 3 heteroatoms. The maximum absolute atomic E-state index is 4.22. The smallest absolute Gasteiger partial charge is 0.0786 e. The largest absolute Gasteiger partial charge is 1.00 e. The topological polar surface area (TPSA) is 0 Å². The second-order valence-corrected chi connectivity index (χ2v) is 4.73. The number of halogens is 1. The van der Waals surface area contributed by atoms with Gasteiger partial charge in [0.25, 0.3) is 0 Å². The maximum Gasteiger partial charge on any atom is 0.0786 e. The summed E-state index contributed by atoms with van der Waals surface area (Å²) in [6.45, 7) is 4.23. The molecule has 13 heavy (non-hydrogen) atoms. The molecule has 1 saturated heterocycles. The number of likely N-dealkylation sites (tertiary alicyclic amines) is 1. The zero-order valence-electron chi connectivity index (χ0n) is 8.64. The van der Waals surface area contributed by atoms with Crippen molar-refractivity contribution in [2.24, 2.45) is 0 Å². The van der Waals surface area contributed by atoms with E-state index in [4.69, 9.17) is 0 Å². The van der Waals surface area contributed by atoms with Crippen LogP contribution in [0.15, 0.2) is 0 Å². The summed E-state index contributed by atoms with van der Waals surface area (Å²) >= 11 is 4.22. The van der Waals surface area contributed by atoms with Gasteiger partial charge >= 0.3 is 0 Å². The van der Waals surface area contributed by atoms with E-state index in [-0.39, 0.29) is 17.0 Å². The van der Waals surface area contributed by atoms with Crippen molar-refractivity contribution in [3.05, 3.63) is 0 Å². The van der Waals surface area contributed by atoms with Crippen molar-refractivity contribution in [3.8, 4) is 0 Å². The van der Waals surface area contributed by atoms with E-state index in [2.05, 4.69) is 19.7 Å². The van der Waals surface area contributed by atoms with Crippen LogP contribution in [0, 0.1) is 0 Å². The van der Waals surface area contributed by atoms with Crippen LogP contribution < -0.4 is 17.0 Å². The first-order chi connectivity index (χ1) is 5.77. The van der Waals surface area contributed by atoms with Gasteiger partial charge in [0.05, 0.1) is 26.7 Å². The predicted octanol–water partition coefficient (Wildman–Crippen LogP) is -0.669. The van der Waals surface area contributed by atoms with Gasteiger partial charge in [0, 0.05) is 12.8 Å². The molecule has 1 heterocycles. The van der Waals surface area contributed by atoms with Gasteiger partial charge in [-0.15, -0.1) is 0 Å². The van der Waals surface area contributed by atoms with Crippen molar-refractivity contribution in [2.45, 2.75) is 32.1 Å². The Morgan fingerprint density at radius 1 is 1.08 bits per heavy atom. The average Bonchev–Trinajstić information content (AvgIpc) is 2.47. The molecule has 0 aromatic heterocycles. The standard InChI is InChI=1S/C10H21NS.BrH/c1-11(8-4-5-9-11)7-3-2-6-10-12;/h2-10H2,1H3;1H. The van der Waals surface area contributed by atoms with Gasteiger partial charge in [-0.2, -0.15) is 12.6 Å². The van der Waals surface area contributed by atoms with Crippen molar-refractivity contribution >= 4 is 12.6 Å². The molecule has 0 aromatic carbocycles. The van der Waals surface area contributed by atoms with Gasteiger partial charge < -0.3 is 21.5 Å². The molecule has 0 radical (unpaired) electrons. The SMILES string of the molecule is C[N+]1(CCCCCS)CCCC1.[Br-]. The Morgan fingerprint density at radius 2 is 1.69 bits per heavy atom. The molecule has 0 bridgehead atoms. The van der Waals surface area contributed by atoms with Gasteiger partial charge in [0.1, 0.15) is 0 Å². The Kier molecular flexibility index (Phi) is 7.56. The predicted molar refractivity (Wildman–Crippen MR) is 57.7 cm³/mol. The summed E-state index contributed by atoms with van der Waals surface area (Å²) in [6, 6.07) is 0. The van der Waals surface area contributed by atoms with Gasteiger partial charge in [0.2, 0.25) is 0 Å². The second kappa shape index (κ2) is 7.13. The van der Waals surface area contributed by atoms with Crippen molar-refractivity contribution in [1.29, 1.82) is 0 Å². The Labute approximate surface area is 98.7 Å². The van der Waals surface area contributed by atoms with Gasteiger partial charge in [0.15, 0.2) is 0 Å². The van der Waals surface area contributed by atoms with Crippen LogP contribution in [0.2, 0.25) is 0 Å². The number of quaternary nitrogens is 1. The first-order valence-corrected chi connectivity index (χ1v) is 5.84. The highest BCUT2D eigenvalue weighted by Crippen LogP contribution is 2.17. The van der Waals surface area contributed by atoms with E-state index in [1.165, 1.54) is 56.2 Å². The van der Waals surface area contributed by atoms with Crippen molar-refractivity contribution in [2.75, 3.05) is 32.4 Å². The quantitative estimate of drug-likeness (QED) is 0.382. The summed E-state index contributed by atoms with van der Waals surface area (Å²) in [4.78, 5) is 0. The minimum absolute atomic E-state index is 0. The first-order valence-electron chi connectivity index (χ1n) is 5.21. The third-order valence-corrected chi connectivity index (χ3v) is 3.32. The number of hydrogen-bond acceptors (Lipinski definition) is 1. The minimum Gasteiger partial charge on any atom is -1.00 e. The molecule has 0 aliphatic carbocycles. The fourth-order valence-corrected chi connectivity index (χ4v) is 2.33. The summed E-state index contributed by atoms with van der Waals surface area (Å²) in [6.07, 6.45) is 6.96. The van der Waals surface area contributed by atoms with Crippen LogP contribution in [-0.2, 0) is 0 Å². The van der Waals surface area contributed by atoms with Gasteiger partial charge in [-0.25, -0.2) is 0 Å². The van der Waals surface area contributed by atoms with E-state index in [0.29, 0.717) is 0 Å². The minimum atomic E-state index is 0. The Morgan fingerprint density at radius 3 is 2.23 bits per heavy atom. The molecule has 1 rings (SSSR count). The lowest BCUT2D eigenvalue weighted by molar-refractivity contribution is -0.897. The molecule has 0 amide bonds. The van der Waals surface area contributed by atoms with E-state index < -0.39 is 0 Å². The average molecular weight is 268 g/mol. The molecule has 1 nitrogen and oxygen atoms in total. The van der Waals surface area contributed by atoms with E-state index in [1.807, 2.05) is 0 Å². The highest BCUT2D eigenvalue weighted by molar-refractivity contribution is 7.80. The molecule has 0 aromatic rings. The van der Waals surface area contributed by atoms with E-state index in [1.54, 1.807) is 0 Å². The van der Waals surface area contributed by atoms with Crippen LogP contribution in [0.4, 0.5) is 0 Å². The van der Waals surface area contributed by atoms with E-state index in [9.17, 15) is 0 Å². The highest BCUT2D eigenvalue weighted by Gasteiger charge is 2.25. The molecular weight excluding hydrogens is 246 g/mol.